The first-order valence-electron chi connectivity index (χ1n) is 5.24. The van der Waals surface area contributed by atoms with Crippen LogP contribution >= 0.6 is 0 Å². The van der Waals surface area contributed by atoms with E-state index in [-0.39, 0.29) is 0 Å². The fourth-order valence-electron chi connectivity index (χ4n) is 1.83. The summed E-state index contributed by atoms with van der Waals surface area (Å²) >= 11 is 0. The van der Waals surface area contributed by atoms with Crippen LogP contribution in [0.3, 0.4) is 0 Å². The lowest BCUT2D eigenvalue weighted by atomic mass is 10.1. The smallest absolute Gasteiger partial charge is 0.316 e. The van der Waals surface area contributed by atoms with Gasteiger partial charge in [0.2, 0.25) is 0 Å². The van der Waals surface area contributed by atoms with Crippen LogP contribution in [-0.2, 0) is 9.59 Å². The van der Waals surface area contributed by atoms with Crippen molar-refractivity contribution in [2.45, 2.75) is 6.92 Å². The third kappa shape index (κ3) is 1.66. The maximum Gasteiger partial charge on any atom is 0.316 e. The van der Waals surface area contributed by atoms with Gasteiger partial charge in [0.15, 0.2) is 0 Å². The first-order chi connectivity index (χ1) is 7.61. The highest BCUT2D eigenvalue weighted by molar-refractivity contribution is 6.41. The van der Waals surface area contributed by atoms with Gasteiger partial charge in [0, 0.05) is 25.8 Å². The molecule has 1 aliphatic rings. The van der Waals surface area contributed by atoms with Crippen molar-refractivity contribution >= 4 is 17.5 Å². The van der Waals surface area contributed by atoms with E-state index in [1.165, 1.54) is 4.90 Å². The van der Waals surface area contributed by atoms with Crippen LogP contribution < -0.4 is 4.90 Å². The second-order valence-corrected chi connectivity index (χ2v) is 3.97. The standard InChI is InChI=1S/C12H14N2O2/c1-9-5-3-4-6-10(9)14-8-7-13(2)11(15)12(14)16/h3-6H,7-8H2,1-2H3. The van der Waals surface area contributed by atoms with Crippen LogP contribution in [0.2, 0.25) is 0 Å². The fourth-order valence-corrected chi connectivity index (χ4v) is 1.83. The topological polar surface area (TPSA) is 40.6 Å². The lowest BCUT2D eigenvalue weighted by Gasteiger charge is -2.32. The zero-order valence-electron chi connectivity index (χ0n) is 9.43. The van der Waals surface area contributed by atoms with Crippen LogP contribution in [0.25, 0.3) is 0 Å². The molecule has 1 aromatic carbocycles. The zero-order valence-corrected chi connectivity index (χ0v) is 9.43. The summed E-state index contributed by atoms with van der Waals surface area (Å²) in [4.78, 5) is 26.4. The van der Waals surface area contributed by atoms with E-state index in [4.69, 9.17) is 0 Å². The Morgan fingerprint density at radius 2 is 1.75 bits per heavy atom. The Morgan fingerprint density at radius 1 is 1.06 bits per heavy atom. The van der Waals surface area contributed by atoms with Crippen molar-refractivity contribution in [2.75, 3.05) is 25.0 Å². The highest BCUT2D eigenvalue weighted by Crippen LogP contribution is 2.21. The van der Waals surface area contributed by atoms with Gasteiger partial charge in [0.05, 0.1) is 0 Å². The summed E-state index contributed by atoms with van der Waals surface area (Å²) in [6.07, 6.45) is 0. The molecule has 0 atom stereocenters. The lowest BCUT2D eigenvalue weighted by molar-refractivity contribution is -0.145. The van der Waals surface area contributed by atoms with Gasteiger partial charge < -0.3 is 9.80 Å². The number of aryl methyl sites for hydroxylation is 1. The predicted octanol–water partition coefficient (Wildman–Crippen LogP) is 0.800. The van der Waals surface area contributed by atoms with Crippen LogP contribution in [-0.4, -0.2) is 36.9 Å². The average Bonchev–Trinajstić information content (AvgIpc) is 2.28. The first kappa shape index (κ1) is 10.7. The summed E-state index contributed by atoms with van der Waals surface area (Å²) < 4.78 is 0. The van der Waals surface area contributed by atoms with E-state index >= 15 is 0 Å². The summed E-state index contributed by atoms with van der Waals surface area (Å²) in [7, 11) is 1.65. The third-order valence-corrected chi connectivity index (χ3v) is 2.84. The predicted molar refractivity (Wildman–Crippen MR) is 61.2 cm³/mol. The number of hydrogen-bond donors (Lipinski definition) is 0. The van der Waals surface area contributed by atoms with E-state index in [2.05, 4.69) is 0 Å². The van der Waals surface area contributed by atoms with Gasteiger partial charge in [-0.3, -0.25) is 9.59 Å². The molecule has 0 radical (unpaired) electrons. The number of likely N-dealkylation sites (N-methyl/N-ethyl adjacent to an activating group) is 1. The maximum absolute atomic E-state index is 11.8. The number of carbonyl (C=O) groups excluding carboxylic acids is 2. The van der Waals surface area contributed by atoms with E-state index in [0.29, 0.717) is 13.1 Å². The quantitative estimate of drug-likeness (QED) is 0.654. The van der Waals surface area contributed by atoms with Gasteiger partial charge in [0.1, 0.15) is 0 Å². The van der Waals surface area contributed by atoms with Crippen LogP contribution in [0.4, 0.5) is 5.69 Å². The number of nitrogens with zero attached hydrogens (tertiary/aromatic N) is 2. The number of piperazine rings is 1. The molecule has 0 unspecified atom stereocenters. The number of hydrogen-bond acceptors (Lipinski definition) is 2. The summed E-state index contributed by atoms with van der Waals surface area (Å²) in [6, 6.07) is 7.59. The molecule has 4 nitrogen and oxygen atoms in total. The van der Waals surface area contributed by atoms with Gasteiger partial charge >= 0.3 is 11.8 Å². The maximum atomic E-state index is 11.8. The van der Waals surface area contributed by atoms with Crippen molar-refractivity contribution in [1.82, 2.24) is 4.90 Å². The summed E-state index contributed by atoms with van der Waals surface area (Å²) in [5.74, 6) is -0.877. The molecular weight excluding hydrogens is 204 g/mol. The minimum absolute atomic E-state index is 0.436. The Labute approximate surface area is 94.5 Å². The van der Waals surface area contributed by atoms with E-state index in [1.807, 2.05) is 31.2 Å². The van der Waals surface area contributed by atoms with Crippen LogP contribution in [0.5, 0.6) is 0 Å². The number of benzene rings is 1. The first-order valence-corrected chi connectivity index (χ1v) is 5.24. The lowest BCUT2D eigenvalue weighted by Crippen LogP contribution is -2.53. The van der Waals surface area contributed by atoms with Gasteiger partial charge in [-0.1, -0.05) is 18.2 Å². The molecular formula is C12H14N2O2. The molecule has 84 valence electrons. The molecule has 2 amide bonds. The van der Waals surface area contributed by atoms with Crippen molar-refractivity contribution in [3.8, 4) is 0 Å². The van der Waals surface area contributed by atoms with Crippen molar-refractivity contribution in [2.24, 2.45) is 0 Å². The van der Waals surface area contributed by atoms with Gasteiger partial charge in [-0.25, -0.2) is 0 Å². The molecule has 1 fully saturated rings. The van der Waals surface area contributed by atoms with E-state index in [0.717, 1.165) is 11.3 Å². The van der Waals surface area contributed by atoms with Crippen LogP contribution in [0, 0.1) is 6.92 Å². The second-order valence-electron chi connectivity index (χ2n) is 3.97. The fraction of sp³-hybridized carbons (Fsp3) is 0.333. The van der Waals surface area contributed by atoms with Crippen molar-refractivity contribution in [3.05, 3.63) is 29.8 Å². The largest absolute Gasteiger partial charge is 0.336 e. The molecule has 2 rings (SSSR count). The molecule has 16 heavy (non-hydrogen) atoms. The highest BCUT2D eigenvalue weighted by Gasteiger charge is 2.31. The van der Waals surface area contributed by atoms with Crippen LogP contribution in [0.1, 0.15) is 5.56 Å². The van der Waals surface area contributed by atoms with Gasteiger partial charge in [-0.05, 0) is 18.6 Å². The Kier molecular flexibility index (Phi) is 2.64. The average molecular weight is 218 g/mol. The van der Waals surface area contributed by atoms with E-state index < -0.39 is 11.8 Å². The molecule has 1 aromatic rings. The Balaban J connectivity index is 2.33. The molecule has 0 saturated carbocycles. The second kappa shape index (κ2) is 3.96. The molecule has 0 aromatic heterocycles. The number of amides is 2. The highest BCUT2D eigenvalue weighted by atomic mass is 16.2. The number of para-hydroxylation sites is 1. The molecule has 1 saturated heterocycles. The molecule has 4 heteroatoms. The van der Waals surface area contributed by atoms with Gasteiger partial charge in [-0.15, -0.1) is 0 Å². The summed E-state index contributed by atoms with van der Waals surface area (Å²) in [5, 5.41) is 0. The molecule has 0 aliphatic carbocycles. The molecule has 0 bridgehead atoms. The van der Waals surface area contributed by atoms with Gasteiger partial charge in [-0.2, -0.15) is 0 Å². The Morgan fingerprint density at radius 3 is 2.44 bits per heavy atom. The third-order valence-electron chi connectivity index (χ3n) is 2.84. The van der Waals surface area contributed by atoms with E-state index in [9.17, 15) is 9.59 Å². The van der Waals surface area contributed by atoms with Gasteiger partial charge in [0.25, 0.3) is 0 Å². The minimum Gasteiger partial charge on any atom is -0.336 e. The zero-order chi connectivity index (χ0) is 11.7. The SMILES string of the molecule is Cc1ccccc1N1CCN(C)C(=O)C1=O. The molecule has 1 aliphatic heterocycles. The molecule has 1 heterocycles. The number of anilines is 1. The number of rotatable bonds is 1. The molecule has 0 spiro atoms. The Hall–Kier alpha value is -1.84. The number of carbonyl (C=O) groups is 2. The summed E-state index contributed by atoms with van der Waals surface area (Å²) in [5.41, 5.74) is 1.84. The summed E-state index contributed by atoms with van der Waals surface area (Å²) in [6.45, 7) is 3.08. The van der Waals surface area contributed by atoms with Crippen molar-refractivity contribution < 1.29 is 9.59 Å². The van der Waals surface area contributed by atoms with E-state index in [1.54, 1.807) is 11.9 Å². The van der Waals surface area contributed by atoms with Crippen LogP contribution in [0.15, 0.2) is 24.3 Å². The molecule has 0 N–H and O–H groups in total. The van der Waals surface area contributed by atoms with Crippen molar-refractivity contribution in [1.29, 1.82) is 0 Å². The Bertz CT molecular complexity index is 442. The van der Waals surface area contributed by atoms with Crippen molar-refractivity contribution in [3.63, 3.8) is 0 Å². The normalized spacial score (nSPS) is 16.9. The monoisotopic (exact) mass is 218 g/mol. The minimum atomic E-state index is -0.442.